The number of aliphatic hydroxyl groups excluding tert-OH is 1. The van der Waals surface area contributed by atoms with Crippen LogP contribution in [-0.2, 0) is 11.3 Å². The fourth-order valence-electron chi connectivity index (χ4n) is 1.43. The average Bonchev–Trinajstić information content (AvgIpc) is 2.24. The lowest BCUT2D eigenvalue weighted by atomic mass is 10.3. The van der Waals surface area contributed by atoms with Crippen molar-refractivity contribution in [2.45, 2.75) is 13.5 Å². The van der Waals surface area contributed by atoms with Crippen LogP contribution in [0, 0.1) is 6.92 Å². The SMILES string of the molecule is Cc1cccc(CN(C)CCOCCO)n1. The molecule has 1 N–H and O–H groups in total. The van der Waals surface area contributed by atoms with Gasteiger partial charge in [-0.15, -0.1) is 0 Å². The Balaban J connectivity index is 2.25. The molecule has 0 radical (unpaired) electrons. The summed E-state index contributed by atoms with van der Waals surface area (Å²) < 4.78 is 5.20. The Hall–Kier alpha value is -0.970. The lowest BCUT2D eigenvalue weighted by Crippen LogP contribution is -2.23. The van der Waals surface area contributed by atoms with Crippen LogP contribution in [0.15, 0.2) is 18.2 Å². The normalized spacial score (nSPS) is 11.0. The molecule has 0 saturated carbocycles. The van der Waals surface area contributed by atoms with Crippen molar-refractivity contribution >= 4 is 0 Å². The molecular formula is C12H20N2O2. The third-order valence-electron chi connectivity index (χ3n) is 2.23. The molecule has 0 atom stereocenters. The second kappa shape index (κ2) is 7.33. The fraction of sp³-hybridized carbons (Fsp3) is 0.583. The van der Waals surface area contributed by atoms with Crippen LogP contribution < -0.4 is 0 Å². The van der Waals surface area contributed by atoms with Gasteiger partial charge in [-0.2, -0.15) is 0 Å². The van der Waals surface area contributed by atoms with Gasteiger partial charge in [-0.3, -0.25) is 9.88 Å². The molecule has 4 nitrogen and oxygen atoms in total. The molecule has 90 valence electrons. The predicted octanol–water partition coefficient (Wildman–Crippen LogP) is 0.831. The van der Waals surface area contributed by atoms with E-state index in [9.17, 15) is 0 Å². The van der Waals surface area contributed by atoms with Crippen molar-refractivity contribution in [1.82, 2.24) is 9.88 Å². The largest absolute Gasteiger partial charge is 0.394 e. The van der Waals surface area contributed by atoms with Gasteiger partial charge in [-0.25, -0.2) is 0 Å². The van der Waals surface area contributed by atoms with Crippen LogP contribution >= 0.6 is 0 Å². The predicted molar refractivity (Wildman–Crippen MR) is 63.2 cm³/mol. The van der Waals surface area contributed by atoms with Crippen LogP contribution in [0.4, 0.5) is 0 Å². The molecule has 0 spiro atoms. The Morgan fingerprint density at radius 2 is 2.19 bits per heavy atom. The second-order valence-electron chi connectivity index (χ2n) is 3.84. The fourth-order valence-corrected chi connectivity index (χ4v) is 1.43. The summed E-state index contributed by atoms with van der Waals surface area (Å²) in [6.45, 7) is 4.80. The average molecular weight is 224 g/mol. The molecule has 0 aliphatic carbocycles. The van der Waals surface area contributed by atoms with Crippen LogP contribution in [0.5, 0.6) is 0 Å². The summed E-state index contributed by atoms with van der Waals surface area (Å²) in [6, 6.07) is 6.04. The lowest BCUT2D eigenvalue weighted by Gasteiger charge is -2.16. The Bertz CT molecular complexity index is 305. The van der Waals surface area contributed by atoms with Gasteiger partial charge >= 0.3 is 0 Å². The number of aliphatic hydroxyl groups is 1. The molecule has 0 saturated heterocycles. The summed E-state index contributed by atoms with van der Waals surface area (Å²) in [7, 11) is 2.03. The summed E-state index contributed by atoms with van der Waals surface area (Å²) in [5.41, 5.74) is 2.12. The van der Waals surface area contributed by atoms with E-state index in [2.05, 4.69) is 9.88 Å². The molecule has 16 heavy (non-hydrogen) atoms. The third kappa shape index (κ3) is 5.21. The highest BCUT2D eigenvalue weighted by Gasteiger charge is 2.01. The maximum Gasteiger partial charge on any atom is 0.0698 e. The molecule has 1 rings (SSSR count). The van der Waals surface area contributed by atoms with E-state index < -0.39 is 0 Å². The molecule has 0 unspecified atom stereocenters. The molecule has 0 aromatic carbocycles. The first kappa shape index (κ1) is 13.1. The molecule has 0 bridgehead atoms. The van der Waals surface area contributed by atoms with Gasteiger partial charge in [0.25, 0.3) is 0 Å². The minimum atomic E-state index is 0.0865. The van der Waals surface area contributed by atoms with E-state index in [1.54, 1.807) is 0 Å². The van der Waals surface area contributed by atoms with Crippen LogP contribution in [0.25, 0.3) is 0 Å². The Labute approximate surface area is 96.9 Å². The van der Waals surface area contributed by atoms with Crippen LogP contribution in [0.1, 0.15) is 11.4 Å². The van der Waals surface area contributed by atoms with Crippen molar-refractivity contribution in [2.75, 3.05) is 33.4 Å². The first-order valence-electron chi connectivity index (χ1n) is 5.52. The molecule has 0 aliphatic rings. The highest BCUT2D eigenvalue weighted by molar-refractivity contribution is 5.09. The van der Waals surface area contributed by atoms with Crippen molar-refractivity contribution < 1.29 is 9.84 Å². The molecule has 1 heterocycles. The van der Waals surface area contributed by atoms with Crippen LogP contribution in [0.2, 0.25) is 0 Å². The van der Waals surface area contributed by atoms with Gasteiger partial charge in [0, 0.05) is 18.8 Å². The van der Waals surface area contributed by atoms with Gasteiger partial charge in [0.15, 0.2) is 0 Å². The zero-order valence-electron chi connectivity index (χ0n) is 10.0. The first-order valence-corrected chi connectivity index (χ1v) is 5.52. The number of pyridine rings is 1. The summed E-state index contributed by atoms with van der Waals surface area (Å²) in [6.07, 6.45) is 0. The van der Waals surface area contributed by atoms with E-state index in [0.717, 1.165) is 24.5 Å². The topological polar surface area (TPSA) is 45.6 Å². The van der Waals surface area contributed by atoms with E-state index in [1.165, 1.54) is 0 Å². The van der Waals surface area contributed by atoms with E-state index in [0.29, 0.717) is 13.2 Å². The molecular weight excluding hydrogens is 204 g/mol. The van der Waals surface area contributed by atoms with E-state index in [1.807, 2.05) is 32.2 Å². The Morgan fingerprint density at radius 3 is 2.88 bits per heavy atom. The molecule has 0 fully saturated rings. The molecule has 4 heteroatoms. The first-order chi connectivity index (χ1) is 7.72. The van der Waals surface area contributed by atoms with E-state index in [4.69, 9.17) is 9.84 Å². The number of ether oxygens (including phenoxy) is 1. The summed E-state index contributed by atoms with van der Waals surface area (Å²) in [5, 5.41) is 8.55. The zero-order chi connectivity index (χ0) is 11.8. The van der Waals surface area contributed by atoms with Crippen molar-refractivity contribution in [2.24, 2.45) is 0 Å². The summed E-state index contributed by atoms with van der Waals surface area (Å²) in [5.74, 6) is 0. The van der Waals surface area contributed by atoms with Crippen molar-refractivity contribution in [3.05, 3.63) is 29.6 Å². The quantitative estimate of drug-likeness (QED) is 0.697. The number of aromatic nitrogens is 1. The van der Waals surface area contributed by atoms with Gasteiger partial charge in [0.1, 0.15) is 0 Å². The van der Waals surface area contributed by atoms with Gasteiger partial charge in [0.2, 0.25) is 0 Å². The highest BCUT2D eigenvalue weighted by Crippen LogP contribution is 2.01. The van der Waals surface area contributed by atoms with Gasteiger partial charge in [-0.05, 0) is 26.1 Å². The van der Waals surface area contributed by atoms with Crippen molar-refractivity contribution in [1.29, 1.82) is 0 Å². The van der Waals surface area contributed by atoms with Gasteiger partial charge in [0.05, 0.1) is 25.5 Å². The number of rotatable bonds is 7. The number of nitrogens with zero attached hydrogens (tertiary/aromatic N) is 2. The molecule has 1 aromatic rings. The van der Waals surface area contributed by atoms with Crippen LogP contribution in [-0.4, -0.2) is 48.4 Å². The number of aryl methyl sites for hydroxylation is 1. The van der Waals surface area contributed by atoms with Gasteiger partial charge in [-0.1, -0.05) is 6.07 Å². The lowest BCUT2D eigenvalue weighted by molar-refractivity contribution is 0.0771. The van der Waals surface area contributed by atoms with Crippen LogP contribution in [0.3, 0.4) is 0 Å². The Morgan fingerprint density at radius 1 is 1.38 bits per heavy atom. The minimum absolute atomic E-state index is 0.0865. The van der Waals surface area contributed by atoms with Crippen molar-refractivity contribution in [3.63, 3.8) is 0 Å². The maximum atomic E-state index is 8.55. The minimum Gasteiger partial charge on any atom is -0.394 e. The van der Waals surface area contributed by atoms with Gasteiger partial charge < -0.3 is 9.84 Å². The third-order valence-corrected chi connectivity index (χ3v) is 2.23. The number of hydrogen-bond acceptors (Lipinski definition) is 4. The maximum absolute atomic E-state index is 8.55. The summed E-state index contributed by atoms with van der Waals surface area (Å²) in [4.78, 5) is 6.59. The highest BCUT2D eigenvalue weighted by atomic mass is 16.5. The molecule has 1 aromatic heterocycles. The van der Waals surface area contributed by atoms with Crippen molar-refractivity contribution in [3.8, 4) is 0 Å². The Kier molecular flexibility index (Phi) is 6.00. The summed E-state index contributed by atoms with van der Waals surface area (Å²) >= 11 is 0. The van der Waals surface area contributed by atoms with E-state index in [-0.39, 0.29) is 6.61 Å². The smallest absolute Gasteiger partial charge is 0.0698 e. The molecule has 0 amide bonds. The standard InChI is InChI=1S/C12H20N2O2/c1-11-4-3-5-12(13-11)10-14(2)6-8-16-9-7-15/h3-5,15H,6-10H2,1-2H3. The zero-order valence-corrected chi connectivity index (χ0v) is 10.0. The number of likely N-dealkylation sites (N-methyl/N-ethyl adjacent to an activating group) is 1. The van der Waals surface area contributed by atoms with E-state index >= 15 is 0 Å². The second-order valence-corrected chi connectivity index (χ2v) is 3.84. The number of hydrogen-bond donors (Lipinski definition) is 1. The molecule has 0 aliphatic heterocycles. The monoisotopic (exact) mass is 224 g/mol.